The first-order valence-electron chi connectivity index (χ1n) is 8.17. The number of benzene rings is 2. The Morgan fingerprint density at radius 2 is 1.73 bits per heavy atom. The fraction of sp³-hybridized carbons (Fsp3) is 0.316. The van der Waals surface area contributed by atoms with Crippen LogP contribution in [0, 0.1) is 0 Å². The van der Waals surface area contributed by atoms with Gasteiger partial charge < -0.3 is 25.3 Å². The maximum Gasteiger partial charge on any atom is 0.193 e. The summed E-state index contributed by atoms with van der Waals surface area (Å²) in [5, 5.41) is 3.06. The highest BCUT2D eigenvalue weighted by molar-refractivity contribution is 9.10. The van der Waals surface area contributed by atoms with Crippen molar-refractivity contribution in [2.24, 2.45) is 10.7 Å². The third-order valence-corrected chi connectivity index (χ3v) is 4.21. The first-order valence-corrected chi connectivity index (χ1v) is 8.96. The van der Waals surface area contributed by atoms with E-state index in [1.165, 1.54) is 0 Å². The van der Waals surface area contributed by atoms with E-state index >= 15 is 0 Å². The maximum atomic E-state index is 5.99. The Morgan fingerprint density at radius 1 is 1.12 bits per heavy atom. The molecular weight excluding hydrogens is 398 g/mol. The van der Waals surface area contributed by atoms with E-state index in [0.717, 1.165) is 21.5 Å². The minimum absolute atomic E-state index is 0.139. The molecule has 0 aliphatic rings. The zero-order valence-corrected chi connectivity index (χ0v) is 17.0. The largest absolute Gasteiger partial charge is 0.493 e. The minimum Gasteiger partial charge on any atom is -0.493 e. The van der Waals surface area contributed by atoms with Gasteiger partial charge >= 0.3 is 0 Å². The number of hydrogen-bond acceptors (Lipinski definition) is 4. The molecule has 0 unspecified atom stereocenters. The fourth-order valence-electron chi connectivity index (χ4n) is 2.26. The van der Waals surface area contributed by atoms with Crippen molar-refractivity contribution in [3.63, 3.8) is 0 Å². The van der Waals surface area contributed by atoms with E-state index in [-0.39, 0.29) is 6.10 Å². The smallest absolute Gasteiger partial charge is 0.193 e. The molecule has 0 spiro atoms. The number of guanidine groups is 1. The molecule has 0 atom stereocenters. The van der Waals surface area contributed by atoms with E-state index in [9.17, 15) is 0 Å². The second-order valence-electron chi connectivity index (χ2n) is 5.82. The van der Waals surface area contributed by atoms with Crippen molar-refractivity contribution in [1.29, 1.82) is 0 Å². The van der Waals surface area contributed by atoms with Gasteiger partial charge in [0.1, 0.15) is 5.75 Å². The van der Waals surface area contributed by atoms with Crippen LogP contribution in [0.5, 0.6) is 17.2 Å². The van der Waals surface area contributed by atoms with Crippen molar-refractivity contribution in [1.82, 2.24) is 0 Å². The first kappa shape index (κ1) is 19.9. The molecule has 2 aromatic rings. The van der Waals surface area contributed by atoms with E-state index in [1.807, 2.05) is 50.2 Å². The Bertz CT molecular complexity index is 761. The Morgan fingerprint density at radius 3 is 2.31 bits per heavy atom. The summed E-state index contributed by atoms with van der Waals surface area (Å²) in [6.45, 7) is 4.38. The van der Waals surface area contributed by atoms with Crippen LogP contribution in [-0.2, 0) is 6.54 Å². The number of nitrogens with one attached hydrogen (secondary N) is 1. The monoisotopic (exact) mass is 421 g/mol. The van der Waals surface area contributed by atoms with E-state index in [4.69, 9.17) is 19.9 Å². The van der Waals surface area contributed by atoms with Gasteiger partial charge in [-0.3, -0.25) is 0 Å². The molecular formula is C19H24BrN3O3. The van der Waals surface area contributed by atoms with Crippen LogP contribution < -0.4 is 25.3 Å². The number of ether oxygens (including phenoxy) is 3. The highest BCUT2D eigenvalue weighted by Crippen LogP contribution is 2.33. The summed E-state index contributed by atoms with van der Waals surface area (Å²) in [5.41, 5.74) is 7.76. The van der Waals surface area contributed by atoms with Crippen LogP contribution in [-0.4, -0.2) is 26.3 Å². The van der Waals surface area contributed by atoms with Gasteiger partial charge in [0.25, 0.3) is 0 Å². The van der Waals surface area contributed by atoms with E-state index in [0.29, 0.717) is 24.0 Å². The topological polar surface area (TPSA) is 78.1 Å². The molecule has 0 saturated carbocycles. The van der Waals surface area contributed by atoms with Gasteiger partial charge in [0, 0.05) is 10.2 Å². The molecule has 0 heterocycles. The summed E-state index contributed by atoms with van der Waals surface area (Å²) in [6.07, 6.45) is 0.139. The Hall–Kier alpha value is -2.41. The number of aliphatic imine (C=N–C) groups is 1. The van der Waals surface area contributed by atoms with Gasteiger partial charge in [0.2, 0.25) is 0 Å². The summed E-state index contributed by atoms with van der Waals surface area (Å²) in [6, 6.07) is 11.3. The molecule has 0 amide bonds. The fourth-order valence-corrected chi connectivity index (χ4v) is 2.71. The van der Waals surface area contributed by atoms with Crippen molar-refractivity contribution in [2.75, 3.05) is 19.5 Å². The normalized spacial score (nSPS) is 11.4. The number of rotatable bonds is 7. The first-order chi connectivity index (χ1) is 12.4. The highest BCUT2D eigenvalue weighted by atomic mass is 79.9. The van der Waals surface area contributed by atoms with Gasteiger partial charge in [-0.25, -0.2) is 4.99 Å². The molecule has 140 valence electrons. The molecule has 0 bridgehead atoms. The molecule has 7 heteroatoms. The van der Waals surface area contributed by atoms with Crippen LogP contribution in [0.4, 0.5) is 5.69 Å². The molecule has 0 saturated heterocycles. The quantitative estimate of drug-likeness (QED) is 0.517. The number of nitrogens with two attached hydrogens (primary N) is 1. The molecule has 3 N–H and O–H groups in total. The van der Waals surface area contributed by atoms with Gasteiger partial charge in [0.05, 0.1) is 26.9 Å². The molecule has 0 aliphatic carbocycles. The average molecular weight is 422 g/mol. The number of anilines is 1. The zero-order chi connectivity index (χ0) is 19.1. The Kier molecular flexibility index (Phi) is 7.15. The van der Waals surface area contributed by atoms with Crippen molar-refractivity contribution in [3.8, 4) is 17.2 Å². The van der Waals surface area contributed by atoms with E-state index in [2.05, 4.69) is 26.2 Å². The Labute approximate surface area is 162 Å². The molecule has 0 aromatic heterocycles. The predicted molar refractivity (Wildman–Crippen MR) is 108 cm³/mol. The van der Waals surface area contributed by atoms with Gasteiger partial charge in [0.15, 0.2) is 17.5 Å². The lowest BCUT2D eigenvalue weighted by atomic mass is 10.2. The van der Waals surface area contributed by atoms with Crippen molar-refractivity contribution in [2.45, 2.75) is 26.5 Å². The van der Waals surface area contributed by atoms with Crippen LogP contribution in [0.1, 0.15) is 19.4 Å². The minimum atomic E-state index is 0.139. The van der Waals surface area contributed by atoms with Crippen LogP contribution in [0.25, 0.3) is 0 Å². The average Bonchev–Trinajstić information content (AvgIpc) is 2.61. The summed E-state index contributed by atoms with van der Waals surface area (Å²) in [5.74, 6) is 2.44. The molecule has 6 nitrogen and oxygen atoms in total. The van der Waals surface area contributed by atoms with Crippen LogP contribution in [0.15, 0.2) is 45.9 Å². The van der Waals surface area contributed by atoms with Crippen LogP contribution >= 0.6 is 15.9 Å². The lowest BCUT2D eigenvalue weighted by Crippen LogP contribution is -2.22. The third-order valence-electron chi connectivity index (χ3n) is 3.47. The van der Waals surface area contributed by atoms with E-state index < -0.39 is 0 Å². The zero-order valence-electron chi connectivity index (χ0n) is 15.4. The SMILES string of the molecule is COc1cc(Br)c(CN=C(N)Nc2ccc(OC(C)C)cc2)cc1OC. The third kappa shape index (κ3) is 5.56. The van der Waals surface area contributed by atoms with Gasteiger partial charge in [-0.2, -0.15) is 0 Å². The van der Waals surface area contributed by atoms with Crippen molar-refractivity contribution in [3.05, 3.63) is 46.4 Å². The summed E-state index contributed by atoms with van der Waals surface area (Å²) in [4.78, 5) is 4.38. The van der Waals surface area contributed by atoms with E-state index in [1.54, 1.807) is 14.2 Å². The van der Waals surface area contributed by atoms with Gasteiger partial charge in [-0.15, -0.1) is 0 Å². The highest BCUT2D eigenvalue weighted by Gasteiger charge is 2.09. The summed E-state index contributed by atoms with van der Waals surface area (Å²) < 4.78 is 17.1. The van der Waals surface area contributed by atoms with Crippen LogP contribution in [0.3, 0.4) is 0 Å². The maximum absolute atomic E-state index is 5.99. The number of nitrogens with zero attached hydrogens (tertiary/aromatic N) is 1. The molecule has 2 rings (SSSR count). The van der Waals surface area contributed by atoms with Gasteiger partial charge in [-0.05, 0) is 55.8 Å². The lowest BCUT2D eigenvalue weighted by Gasteiger charge is -2.12. The number of methoxy groups -OCH3 is 2. The molecule has 2 aromatic carbocycles. The molecule has 26 heavy (non-hydrogen) atoms. The summed E-state index contributed by atoms with van der Waals surface area (Å²) in [7, 11) is 3.20. The summed E-state index contributed by atoms with van der Waals surface area (Å²) >= 11 is 3.52. The second kappa shape index (κ2) is 9.33. The standard InChI is InChI=1S/C19H24BrN3O3/c1-12(2)26-15-7-5-14(6-8-15)23-19(21)22-11-13-9-17(24-3)18(25-4)10-16(13)20/h5-10,12H,11H2,1-4H3,(H3,21,22,23). The molecule has 0 fully saturated rings. The molecule has 0 radical (unpaired) electrons. The predicted octanol–water partition coefficient (Wildman–Crippen LogP) is 4.18. The Balaban J connectivity index is 2.04. The molecule has 0 aliphatic heterocycles. The number of hydrogen-bond donors (Lipinski definition) is 2. The van der Waals surface area contributed by atoms with Crippen molar-refractivity contribution < 1.29 is 14.2 Å². The van der Waals surface area contributed by atoms with Crippen molar-refractivity contribution >= 4 is 27.6 Å². The van der Waals surface area contributed by atoms with Gasteiger partial charge in [-0.1, -0.05) is 15.9 Å². The van der Waals surface area contributed by atoms with Crippen LogP contribution in [0.2, 0.25) is 0 Å². The lowest BCUT2D eigenvalue weighted by molar-refractivity contribution is 0.242. The number of halogens is 1. The second-order valence-corrected chi connectivity index (χ2v) is 6.67.